The van der Waals surface area contributed by atoms with Crippen LogP contribution in [-0.2, 0) is 6.54 Å². The van der Waals surface area contributed by atoms with Gasteiger partial charge in [-0.2, -0.15) is 5.26 Å². The number of nitriles is 1. The lowest BCUT2D eigenvalue weighted by Gasteiger charge is -2.12. The lowest BCUT2D eigenvalue weighted by atomic mass is 10.2. The van der Waals surface area contributed by atoms with Crippen molar-refractivity contribution in [3.05, 3.63) is 47.4 Å². The van der Waals surface area contributed by atoms with E-state index >= 15 is 0 Å². The van der Waals surface area contributed by atoms with Crippen molar-refractivity contribution in [2.24, 2.45) is 0 Å². The molecule has 0 fully saturated rings. The fraction of sp³-hybridized carbons (Fsp3) is 0.235. The van der Waals surface area contributed by atoms with Gasteiger partial charge in [-0.1, -0.05) is 23.9 Å². The zero-order valence-electron chi connectivity index (χ0n) is 13.3. The molecule has 1 unspecified atom stereocenters. The van der Waals surface area contributed by atoms with E-state index in [9.17, 15) is 10.4 Å². The fourth-order valence-corrected chi connectivity index (χ4v) is 4.23. The molecular formula is C17H16N4OS2. The summed E-state index contributed by atoms with van der Waals surface area (Å²) in [5, 5.41) is 21.2. The number of thioether (sulfide) groups is 1. The van der Waals surface area contributed by atoms with Crippen molar-refractivity contribution in [2.45, 2.75) is 30.8 Å². The average molecular weight is 356 g/mol. The van der Waals surface area contributed by atoms with E-state index in [1.54, 1.807) is 6.20 Å². The minimum atomic E-state index is -0.292. The number of nitrogens with zero attached hydrogens (tertiary/aromatic N) is 4. The van der Waals surface area contributed by atoms with Crippen molar-refractivity contribution in [3.63, 3.8) is 0 Å². The number of aliphatic hydroxyl groups excluding tert-OH is 1. The maximum absolute atomic E-state index is 10.6. The predicted molar refractivity (Wildman–Crippen MR) is 98.0 cm³/mol. The van der Waals surface area contributed by atoms with Crippen LogP contribution in [0.3, 0.4) is 0 Å². The van der Waals surface area contributed by atoms with E-state index in [0.29, 0.717) is 5.01 Å². The van der Waals surface area contributed by atoms with E-state index in [2.05, 4.69) is 16.0 Å². The quantitative estimate of drug-likeness (QED) is 0.414. The summed E-state index contributed by atoms with van der Waals surface area (Å²) in [5.41, 5.74) is 1.06. The minimum absolute atomic E-state index is 0.0345. The van der Waals surface area contributed by atoms with Crippen molar-refractivity contribution < 1.29 is 5.11 Å². The van der Waals surface area contributed by atoms with Crippen LogP contribution >= 0.6 is 23.1 Å². The molecule has 0 aliphatic heterocycles. The molecule has 3 rings (SSSR count). The number of rotatable bonds is 5. The van der Waals surface area contributed by atoms with Crippen LogP contribution in [0.1, 0.15) is 18.9 Å². The van der Waals surface area contributed by atoms with Crippen molar-refractivity contribution in [1.29, 1.82) is 5.26 Å². The van der Waals surface area contributed by atoms with Gasteiger partial charge < -0.3 is 9.67 Å². The molecule has 3 aromatic rings. The Bertz CT molecular complexity index is 902. The molecular weight excluding hydrogens is 340 g/mol. The number of fused-ring (bicyclic) bond motifs is 1. The Kier molecular flexibility index (Phi) is 4.88. The molecule has 2 heterocycles. The van der Waals surface area contributed by atoms with Crippen molar-refractivity contribution >= 4 is 38.9 Å². The first-order valence-corrected chi connectivity index (χ1v) is 9.20. The molecule has 0 bridgehead atoms. The molecule has 0 aliphatic rings. The number of imidazole rings is 1. The van der Waals surface area contributed by atoms with Gasteiger partial charge in [-0.15, -0.1) is 11.3 Å². The third-order valence-electron chi connectivity index (χ3n) is 3.56. The summed E-state index contributed by atoms with van der Waals surface area (Å²) < 4.78 is 2.99. The number of hydrogen-bond donors (Lipinski definition) is 1. The maximum atomic E-state index is 10.6. The number of para-hydroxylation sites is 1. The minimum Gasteiger partial charge on any atom is -0.510 e. The molecule has 0 aliphatic carbocycles. The van der Waals surface area contributed by atoms with E-state index in [4.69, 9.17) is 0 Å². The van der Waals surface area contributed by atoms with Gasteiger partial charge in [0.25, 0.3) is 0 Å². The first-order chi connectivity index (χ1) is 11.6. The monoisotopic (exact) mass is 356 g/mol. The summed E-state index contributed by atoms with van der Waals surface area (Å²) in [6.07, 6.45) is 3.63. The van der Waals surface area contributed by atoms with Gasteiger partial charge in [0.2, 0.25) is 0 Å². The van der Waals surface area contributed by atoms with Crippen LogP contribution in [0.2, 0.25) is 0 Å². The van der Waals surface area contributed by atoms with Gasteiger partial charge in [0.15, 0.2) is 5.16 Å². The number of hydrogen-bond acceptors (Lipinski definition) is 6. The van der Waals surface area contributed by atoms with Crippen LogP contribution < -0.4 is 0 Å². The molecule has 0 amide bonds. The Hall–Kier alpha value is -2.30. The van der Waals surface area contributed by atoms with Gasteiger partial charge in [0.1, 0.15) is 22.4 Å². The van der Waals surface area contributed by atoms with Crippen molar-refractivity contribution in [3.8, 4) is 6.07 Å². The Morgan fingerprint density at radius 3 is 2.96 bits per heavy atom. The van der Waals surface area contributed by atoms with Gasteiger partial charge in [0.05, 0.1) is 15.5 Å². The average Bonchev–Trinajstić information content (AvgIpc) is 3.21. The molecule has 0 spiro atoms. The lowest BCUT2D eigenvalue weighted by Crippen LogP contribution is -2.06. The number of aryl methyl sites for hydroxylation is 1. The first kappa shape index (κ1) is 16.6. The van der Waals surface area contributed by atoms with E-state index in [1.807, 2.05) is 48.9 Å². The second-order valence-corrected chi connectivity index (χ2v) is 7.45. The van der Waals surface area contributed by atoms with Gasteiger partial charge in [-0.25, -0.2) is 9.97 Å². The van der Waals surface area contributed by atoms with Crippen LogP contribution in [-0.4, -0.2) is 24.9 Å². The van der Waals surface area contributed by atoms with Crippen LogP contribution in [0.4, 0.5) is 0 Å². The second-order valence-electron chi connectivity index (χ2n) is 5.11. The molecule has 1 N–H and O–H groups in total. The number of aromatic nitrogens is 3. The summed E-state index contributed by atoms with van der Waals surface area (Å²) in [6, 6.07) is 9.80. The number of thiazole rings is 1. The molecule has 122 valence electrons. The second kappa shape index (κ2) is 7.07. The molecule has 5 nitrogen and oxygen atoms in total. The number of benzene rings is 1. The van der Waals surface area contributed by atoms with Gasteiger partial charge in [-0.3, -0.25) is 0 Å². The predicted octanol–water partition coefficient (Wildman–Crippen LogP) is 4.49. The van der Waals surface area contributed by atoms with Crippen LogP contribution in [0.15, 0.2) is 47.6 Å². The summed E-state index contributed by atoms with van der Waals surface area (Å²) in [5.74, 6) is 0.0345. The molecule has 1 atom stereocenters. The van der Waals surface area contributed by atoms with Crippen molar-refractivity contribution in [1.82, 2.24) is 14.5 Å². The highest BCUT2D eigenvalue weighted by atomic mass is 32.2. The molecule has 0 saturated heterocycles. The summed E-state index contributed by atoms with van der Waals surface area (Å²) in [6.45, 7) is 4.70. The van der Waals surface area contributed by atoms with E-state index in [1.165, 1.54) is 23.1 Å². The topological polar surface area (TPSA) is 74.7 Å². The normalized spacial score (nSPS) is 13.5. The highest BCUT2D eigenvalue weighted by molar-refractivity contribution is 7.99. The highest BCUT2D eigenvalue weighted by Crippen LogP contribution is 2.33. The lowest BCUT2D eigenvalue weighted by molar-refractivity contribution is 0.402. The van der Waals surface area contributed by atoms with E-state index < -0.39 is 0 Å². The largest absolute Gasteiger partial charge is 0.510 e. The fourth-order valence-electron chi connectivity index (χ4n) is 2.27. The van der Waals surface area contributed by atoms with Crippen LogP contribution in [0.5, 0.6) is 0 Å². The van der Waals surface area contributed by atoms with E-state index in [0.717, 1.165) is 21.9 Å². The number of aliphatic hydroxyl groups is 1. The third kappa shape index (κ3) is 3.16. The molecule has 0 radical (unpaired) electrons. The smallest absolute Gasteiger partial charge is 0.168 e. The Labute approximate surface area is 148 Å². The number of allylic oxidation sites excluding steroid dienone is 1. The Morgan fingerprint density at radius 1 is 1.46 bits per heavy atom. The van der Waals surface area contributed by atoms with Gasteiger partial charge in [0, 0.05) is 18.9 Å². The standard InChI is InChI=1S/C17H16N4OS2/c1-3-21-9-8-19-17(21)23-11(2)15(22)12(10-18)16-20-13-6-4-5-7-14(13)24-16/h4-9,11,22H,3H2,1-2H3. The molecule has 0 saturated carbocycles. The molecule has 24 heavy (non-hydrogen) atoms. The van der Waals surface area contributed by atoms with Gasteiger partial charge >= 0.3 is 0 Å². The van der Waals surface area contributed by atoms with Crippen LogP contribution in [0.25, 0.3) is 15.8 Å². The van der Waals surface area contributed by atoms with Crippen molar-refractivity contribution in [2.75, 3.05) is 0 Å². The van der Waals surface area contributed by atoms with Crippen LogP contribution in [0, 0.1) is 11.3 Å². The SMILES string of the molecule is CCn1ccnc1SC(C)C(O)=C(C#N)c1nc2ccccc2s1. The Balaban J connectivity index is 1.93. The zero-order chi connectivity index (χ0) is 17.1. The molecule has 2 aromatic heterocycles. The van der Waals surface area contributed by atoms with Gasteiger partial charge in [-0.05, 0) is 26.0 Å². The molecule has 7 heteroatoms. The van der Waals surface area contributed by atoms with E-state index in [-0.39, 0.29) is 16.6 Å². The maximum Gasteiger partial charge on any atom is 0.168 e. The molecule has 1 aromatic carbocycles. The Morgan fingerprint density at radius 2 is 2.25 bits per heavy atom. The summed E-state index contributed by atoms with van der Waals surface area (Å²) in [7, 11) is 0. The third-order valence-corrected chi connectivity index (χ3v) is 5.74. The first-order valence-electron chi connectivity index (χ1n) is 7.51. The highest BCUT2D eigenvalue weighted by Gasteiger charge is 2.20. The zero-order valence-corrected chi connectivity index (χ0v) is 14.9. The summed E-state index contributed by atoms with van der Waals surface area (Å²) >= 11 is 2.83. The summed E-state index contributed by atoms with van der Waals surface area (Å²) in [4.78, 5) is 8.76.